The maximum absolute atomic E-state index is 12.8. The van der Waals surface area contributed by atoms with Gasteiger partial charge in [-0.3, -0.25) is 28.3 Å². The van der Waals surface area contributed by atoms with Crippen LogP contribution in [0.5, 0.6) is 0 Å². The van der Waals surface area contributed by atoms with E-state index in [-0.39, 0.29) is 36.0 Å². The van der Waals surface area contributed by atoms with E-state index in [1.165, 1.54) is 11.8 Å². The minimum Gasteiger partial charge on any atom is -0.364 e. The zero-order valence-corrected chi connectivity index (χ0v) is 24.1. The molecule has 0 aliphatic rings. The third kappa shape index (κ3) is 8.24. The number of pyridine rings is 1. The first kappa shape index (κ1) is 29.0. The van der Waals surface area contributed by atoms with Gasteiger partial charge in [0.15, 0.2) is 16.6 Å². The zero-order chi connectivity index (χ0) is 26.3. The van der Waals surface area contributed by atoms with E-state index < -0.39 is 7.82 Å². The molecule has 0 aliphatic carbocycles. The van der Waals surface area contributed by atoms with Gasteiger partial charge >= 0.3 is 12.7 Å². The Morgan fingerprint density at radius 2 is 1.89 bits per heavy atom. The Morgan fingerprint density at radius 3 is 2.50 bits per heavy atom. The van der Waals surface area contributed by atoms with E-state index in [4.69, 9.17) is 30.2 Å². The molecule has 0 bridgehead atoms. The highest BCUT2D eigenvalue weighted by molar-refractivity contribution is 7.99. The third-order valence-electron chi connectivity index (χ3n) is 4.81. The number of hydrogen-bond acceptors (Lipinski definition) is 11. The van der Waals surface area contributed by atoms with Gasteiger partial charge in [0.05, 0.1) is 41.8 Å². The molecule has 0 aromatic carbocycles. The van der Waals surface area contributed by atoms with Crippen LogP contribution in [0.25, 0.3) is 10.3 Å². The van der Waals surface area contributed by atoms with Crippen LogP contribution in [0.15, 0.2) is 28.3 Å². The molecule has 2 atom stereocenters. The quantitative estimate of drug-likeness (QED) is 0.128. The minimum absolute atomic E-state index is 0.0593. The van der Waals surface area contributed by atoms with E-state index in [1.54, 1.807) is 26.1 Å². The molecule has 0 saturated heterocycles. The molecule has 10 nitrogen and oxygen atoms in total. The Morgan fingerprint density at radius 1 is 1.17 bits per heavy atom. The Bertz CT molecular complexity index is 1230. The molecule has 0 radical (unpaired) electrons. The molecular weight excluding hydrogens is 545 g/mol. The predicted molar refractivity (Wildman–Crippen MR) is 145 cm³/mol. The standard InChI is InChI=1S/C22H31ClN5O5PS2/c1-6-31-34(30,32-7-2)33-12-16(10-13(3)4)25-19-18-20(28-22(29)36-18)27-21(26-19)35-14(5)17-9-8-15(23)11-24-17/h8-9,11,13-14,16H,6-7,10,12H2,1-5H3,(H2,25,26,27,28,29)/t14-,16+/m0/s1. The van der Waals surface area contributed by atoms with Crippen molar-refractivity contribution in [2.75, 3.05) is 25.1 Å². The van der Waals surface area contributed by atoms with Crippen molar-refractivity contribution < 1.29 is 18.1 Å². The number of anilines is 1. The lowest BCUT2D eigenvalue weighted by Gasteiger charge is -2.24. The van der Waals surface area contributed by atoms with Crippen LogP contribution in [-0.2, 0) is 18.1 Å². The maximum Gasteiger partial charge on any atom is 0.474 e. The summed E-state index contributed by atoms with van der Waals surface area (Å²) in [6, 6.07) is 3.37. The second-order valence-corrected chi connectivity index (χ2v) is 12.7. The summed E-state index contributed by atoms with van der Waals surface area (Å²) in [5, 5.41) is 4.36. The number of halogens is 1. The van der Waals surface area contributed by atoms with Gasteiger partial charge in [0.2, 0.25) is 0 Å². The van der Waals surface area contributed by atoms with Crippen LogP contribution in [0.1, 0.15) is 52.0 Å². The first-order valence-corrected chi connectivity index (χ1v) is 15.1. The van der Waals surface area contributed by atoms with Gasteiger partial charge < -0.3 is 5.32 Å². The normalized spacial score (nSPS) is 13.9. The Hall–Kier alpha value is -1.53. The van der Waals surface area contributed by atoms with Crippen molar-refractivity contribution in [3.05, 3.63) is 38.7 Å². The number of phosphoric ester groups is 1. The molecule has 36 heavy (non-hydrogen) atoms. The second-order valence-electron chi connectivity index (χ2n) is 8.26. The maximum atomic E-state index is 12.8. The lowest BCUT2D eigenvalue weighted by Crippen LogP contribution is -2.28. The number of aromatic nitrogens is 4. The number of thioether (sulfide) groups is 1. The fourth-order valence-corrected chi connectivity index (χ4v) is 6.29. The summed E-state index contributed by atoms with van der Waals surface area (Å²) in [7, 11) is -3.68. The predicted octanol–water partition coefficient (Wildman–Crippen LogP) is 6.31. The average Bonchev–Trinajstić information content (AvgIpc) is 3.18. The van der Waals surface area contributed by atoms with Crippen LogP contribution in [0.2, 0.25) is 5.02 Å². The fraction of sp³-hybridized carbons (Fsp3) is 0.545. The molecule has 0 amide bonds. The van der Waals surface area contributed by atoms with Crippen molar-refractivity contribution in [3.8, 4) is 0 Å². The van der Waals surface area contributed by atoms with Gasteiger partial charge in [-0.05, 0) is 45.2 Å². The lowest BCUT2D eigenvalue weighted by atomic mass is 10.0. The van der Waals surface area contributed by atoms with Crippen molar-refractivity contribution in [1.82, 2.24) is 19.9 Å². The average molecular weight is 576 g/mol. The van der Waals surface area contributed by atoms with Crippen molar-refractivity contribution in [1.29, 1.82) is 0 Å². The van der Waals surface area contributed by atoms with Crippen LogP contribution >= 0.6 is 42.5 Å². The molecule has 198 valence electrons. The van der Waals surface area contributed by atoms with Gasteiger partial charge in [0.25, 0.3) is 0 Å². The summed E-state index contributed by atoms with van der Waals surface area (Å²) in [6.45, 7) is 10.1. The number of fused-ring (bicyclic) bond motifs is 1. The summed E-state index contributed by atoms with van der Waals surface area (Å²) >= 11 is 8.40. The van der Waals surface area contributed by atoms with Gasteiger partial charge in [-0.25, -0.2) is 14.5 Å². The van der Waals surface area contributed by atoms with Crippen molar-refractivity contribution >= 4 is 58.7 Å². The van der Waals surface area contributed by atoms with Crippen LogP contribution in [0.4, 0.5) is 5.82 Å². The Kier molecular flexibility index (Phi) is 10.7. The highest BCUT2D eigenvalue weighted by atomic mass is 35.5. The topological polar surface area (TPSA) is 128 Å². The van der Waals surface area contributed by atoms with Crippen molar-refractivity contribution in [2.24, 2.45) is 5.92 Å². The molecular formula is C22H31ClN5O5PS2. The number of nitrogens with zero attached hydrogens (tertiary/aromatic N) is 3. The summed E-state index contributed by atoms with van der Waals surface area (Å²) in [5.74, 6) is 0.802. The highest BCUT2D eigenvalue weighted by Gasteiger charge is 2.28. The van der Waals surface area contributed by atoms with Gasteiger partial charge in [0.1, 0.15) is 4.70 Å². The van der Waals surface area contributed by atoms with E-state index in [1.807, 2.05) is 13.0 Å². The van der Waals surface area contributed by atoms with E-state index >= 15 is 0 Å². The van der Waals surface area contributed by atoms with Crippen LogP contribution in [0.3, 0.4) is 0 Å². The molecule has 0 unspecified atom stereocenters. The van der Waals surface area contributed by atoms with Crippen molar-refractivity contribution in [3.63, 3.8) is 0 Å². The van der Waals surface area contributed by atoms with Crippen LogP contribution in [-0.4, -0.2) is 45.8 Å². The van der Waals surface area contributed by atoms with Crippen LogP contribution < -0.4 is 10.2 Å². The fourth-order valence-electron chi connectivity index (χ4n) is 3.36. The second kappa shape index (κ2) is 13.3. The molecule has 0 aliphatic heterocycles. The van der Waals surface area contributed by atoms with Crippen molar-refractivity contribution in [2.45, 2.75) is 57.5 Å². The molecule has 3 aromatic rings. The first-order chi connectivity index (χ1) is 17.1. The SMILES string of the molecule is CCOP(=O)(OCC)OC[C@@H](CC(C)C)Nc1nc(S[C@@H](C)c2ccc(Cl)cn2)nc2[nH]c(=O)sc12. The summed E-state index contributed by atoms with van der Waals surface area (Å²) in [5.41, 5.74) is 1.27. The number of rotatable bonds is 14. The van der Waals surface area contributed by atoms with Crippen LogP contribution in [0, 0.1) is 5.92 Å². The van der Waals surface area contributed by atoms with E-state index in [9.17, 15) is 9.36 Å². The summed E-state index contributed by atoms with van der Waals surface area (Å²) in [4.78, 5) is 28.3. The number of nitrogens with one attached hydrogen (secondary N) is 2. The van der Waals surface area contributed by atoms with Gasteiger partial charge in [-0.1, -0.05) is 48.5 Å². The monoisotopic (exact) mass is 575 g/mol. The minimum atomic E-state index is -3.68. The number of thiazole rings is 1. The highest BCUT2D eigenvalue weighted by Crippen LogP contribution is 2.49. The largest absolute Gasteiger partial charge is 0.474 e. The number of H-pyrrole nitrogens is 1. The molecule has 14 heteroatoms. The lowest BCUT2D eigenvalue weighted by molar-refractivity contribution is 0.116. The smallest absolute Gasteiger partial charge is 0.364 e. The summed E-state index contributed by atoms with van der Waals surface area (Å²) in [6.07, 6.45) is 2.29. The number of hydrogen-bond donors (Lipinski definition) is 2. The van der Waals surface area contributed by atoms with Gasteiger partial charge in [-0.2, -0.15) is 0 Å². The zero-order valence-electron chi connectivity index (χ0n) is 20.8. The third-order valence-corrected chi connectivity index (χ3v) is 8.52. The molecule has 0 spiro atoms. The first-order valence-electron chi connectivity index (χ1n) is 11.6. The molecule has 3 aromatic heterocycles. The number of aromatic amines is 1. The molecule has 3 heterocycles. The summed E-state index contributed by atoms with van der Waals surface area (Å²) < 4.78 is 29.6. The van der Waals surface area contributed by atoms with E-state index in [0.717, 1.165) is 17.0 Å². The van der Waals surface area contributed by atoms with Gasteiger partial charge in [-0.15, -0.1) is 0 Å². The van der Waals surface area contributed by atoms with E-state index in [2.05, 4.69) is 34.1 Å². The molecule has 0 fully saturated rings. The van der Waals surface area contributed by atoms with E-state index in [0.29, 0.717) is 38.7 Å². The Balaban J connectivity index is 1.87. The molecule has 3 rings (SSSR count). The Labute approximate surface area is 223 Å². The number of phosphoric acid groups is 1. The molecule has 0 saturated carbocycles. The van der Waals surface area contributed by atoms with Gasteiger partial charge in [0, 0.05) is 6.20 Å². The molecule has 2 N–H and O–H groups in total.